The molecular formula is C11H8BrClN2O3S. The summed E-state index contributed by atoms with van der Waals surface area (Å²) in [7, 11) is -3.78. The van der Waals surface area contributed by atoms with E-state index in [-0.39, 0.29) is 21.5 Å². The fraction of sp³-hybridized carbons (Fsp3) is 0. The molecule has 0 saturated carbocycles. The van der Waals surface area contributed by atoms with Crippen molar-refractivity contribution < 1.29 is 13.5 Å². The van der Waals surface area contributed by atoms with Gasteiger partial charge in [0.15, 0.2) is 0 Å². The zero-order valence-electron chi connectivity index (χ0n) is 9.34. The van der Waals surface area contributed by atoms with E-state index in [9.17, 15) is 13.5 Å². The van der Waals surface area contributed by atoms with Gasteiger partial charge in [0.2, 0.25) is 0 Å². The van der Waals surface area contributed by atoms with Crippen LogP contribution in [0.25, 0.3) is 0 Å². The number of phenolic OH excluding ortho intramolecular Hbond substituents is 1. The summed E-state index contributed by atoms with van der Waals surface area (Å²) in [5, 5.41) is 9.47. The molecule has 19 heavy (non-hydrogen) atoms. The first-order valence-corrected chi connectivity index (χ1v) is 7.67. The average Bonchev–Trinajstić information content (AvgIpc) is 2.32. The fourth-order valence-corrected chi connectivity index (χ4v) is 2.96. The van der Waals surface area contributed by atoms with Gasteiger partial charge < -0.3 is 5.11 Å². The Kier molecular flexibility index (Phi) is 3.98. The van der Waals surface area contributed by atoms with Gasteiger partial charge in [-0.3, -0.25) is 4.72 Å². The van der Waals surface area contributed by atoms with Crippen LogP contribution in [-0.4, -0.2) is 18.5 Å². The summed E-state index contributed by atoms with van der Waals surface area (Å²) < 4.78 is 26.9. The van der Waals surface area contributed by atoms with Crippen LogP contribution in [0.1, 0.15) is 0 Å². The molecule has 1 aromatic heterocycles. The second-order valence-corrected chi connectivity index (χ2v) is 6.49. The highest BCUT2D eigenvalue weighted by Crippen LogP contribution is 2.24. The van der Waals surface area contributed by atoms with Crippen molar-refractivity contribution in [2.75, 3.05) is 4.72 Å². The Hall–Kier alpha value is -1.31. The molecular weight excluding hydrogens is 356 g/mol. The van der Waals surface area contributed by atoms with E-state index < -0.39 is 10.0 Å². The van der Waals surface area contributed by atoms with Gasteiger partial charge in [0.05, 0.1) is 10.2 Å². The molecule has 5 nitrogen and oxygen atoms in total. The Balaban J connectivity index is 2.35. The molecule has 8 heteroatoms. The van der Waals surface area contributed by atoms with Crippen molar-refractivity contribution in [3.8, 4) is 5.75 Å². The summed E-state index contributed by atoms with van der Waals surface area (Å²) >= 11 is 8.81. The summed E-state index contributed by atoms with van der Waals surface area (Å²) in [4.78, 5) is 3.72. The van der Waals surface area contributed by atoms with Crippen LogP contribution in [-0.2, 0) is 10.0 Å². The van der Waals surface area contributed by atoms with Crippen molar-refractivity contribution in [3.63, 3.8) is 0 Å². The molecule has 1 heterocycles. The third-order valence-electron chi connectivity index (χ3n) is 2.18. The summed E-state index contributed by atoms with van der Waals surface area (Å²) in [6.07, 6.45) is 1.15. The first-order valence-electron chi connectivity index (χ1n) is 5.01. The lowest BCUT2D eigenvalue weighted by Gasteiger charge is -2.08. The number of nitrogens with one attached hydrogen (secondary N) is 1. The number of pyridine rings is 1. The van der Waals surface area contributed by atoms with Gasteiger partial charge >= 0.3 is 0 Å². The number of aromatic nitrogens is 1. The number of halogens is 2. The lowest BCUT2D eigenvalue weighted by Crippen LogP contribution is -2.13. The molecule has 0 aliphatic rings. The molecule has 0 fully saturated rings. The van der Waals surface area contributed by atoms with Crippen LogP contribution < -0.4 is 4.72 Å². The van der Waals surface area contributed by atoms with Gasteiger partial charge in [0.25, 0.3) is 10.0 Å². The zero-order chi connectivity index (χ0) is 14.0. The fourth-order valence-electron chi connectivity index (χ4n) is 1.33. The lowest BCUT2D eigenvalue weighted by molar-refractivity contribution is 0.475. The maximum absolute atomic E-state index is 12.1. The van der Waals surface area contributed by atoms with E-state index in [1.54, 1.807) is 0 Å². The SMILES string of the molecule is O=S(=O)(Nc1cccc(O)c1)c1cnc(Cl)c(Br)c1. The third-order valence-corrected chi connectivity index (χ3v) is 4.66. The van der Waals surface area contributed by atoms with Gasteiger partial charge in [-0.25, -0.2) is 13.4 Å². The molecule has 2 aromatic rings. The van der Waals surface area contributed by atoms with Gasteiger partial charge in [-0.05, 0) is 34.1 Å². The molecule has 0 bridgehead atoms. The van der Waals surface area contributed by atoms with Crippen LogP contribution in [0.2, 0.25) is 5.15 Å². The first-order chi connectivity index (χ1) is 8.88. The number of phenols is 1. The Morgan fingerprint density at radius 1 is 1.32 bits per heavy atom. The van der Waals surface area contributed by atoms with Crippen molar-refractivity contribution in [1.82, 2.24) is 4.98 Å². The number of benzene rings is 1. The summed E-state index contributed by atoms with van der Waals surface area (Å²) in [5.74, 6) is -0.0318. The molecule has 100 valence electrons. The maximum Gasteiger partial charge on any atom is 0.263 e. The van der Waals surface area contributed by atoms with E-state index in [0.717, 1.165) is 6.20 Å². The second-order valence-electron chi connectivity index (χ2n) is 3.60. The highest BCUT2D eigenvalue weighted by Gasteiger charge is 2.16. The lowest BCUT2D eigenvalue weighted by atomic mass is 10.3. The van der Waals surface area contributed by atoms with Crippen LogP contribution in [0.5, 0.6) is 5.75 Å². The Morgan fingerprint density at radius 2 is 2.05 bits per heavy atom. The standard InChI is InChI=1S/C11H8BrClN2O3S/c12-10-5-9(6-14-11(10)13)19(17,18)15-7-2-1-3-8(16)4-7/h1-6,15-16H. The minimum atomic E-state index is -3.78. The summed E-state index contributed by atoms with van der Waals surface area (Å²) in [5.41, 5.74) is 0.256. The van der Waals surface area contributed by atoms with E-state index in [4.69, 9.17) is 11.6 Å². The van der Waals surface area contributed by atoms with Crippen molar-refractivity contribution in [2.24, 2.45) is 0 Å². The smallest absolute Gasteiger partial charge is 0.263 e. The number of anilines is 1. The number of nitrogens with zero attached hydrogens (tertiary/aromatic N) is 1. The molecule has 2 N–H and O–H groups in total. The predicted octanol–water partition coefficient (Wildman–Crippen LogP) is 3.00. The Labute approximate surface area is 123 Å². The molecule has 0 spiro atoms. The van der Waals surface area contributed by atoms with E-state index in [2.05, 4.69) is 25.6 Å². The number of aromatic hydroxyl groups is 1. The molecule has 0 aliphatic carbocycles. The van der Waals surface area contributed by atoms with Crippen LogP contribution in [0.4, 0.5) is 5.69 Å². The third kappa shape index (κ3) is 3.37. The number of rotatable bonds is 3. The molecule has 1 aromatic carbocycles. The topological polar surface area (TPSA) is 79.3 Å². The molecule has 0 aliphatic heterocycles. The normalized spacial score (nSPS) is 11.3. The minimum absolute atomic E-state index is 0.0318. The molecule has 0 radical (unpaired) electrons. The van der Waals surface area contributed by atoms with E-state index in [0.29, 0.717) is 4.47 Å². The number of hydrogen-bond acceptors (Lipinski definition) is 4. The van der Waals surface area contributed by atoms with Gasteiger partial charge in [-0.1, -0.05) is 17.7 Å². The first kappa shape index (κ1) is 14.1. The monoisotopic (exact) mass is 362 g/mol. The average molecular weight is 364 g/mol. The van der Waals surface area contributed by atoms with E-state index >= 15 is 0 Å². The largest absolute Gasteiger partial charge is 0.508 e. The molecule has 2 rings (SSSR count). The van der Waals surface area contributed by atoms with Crippen molar-refractivity contribution >= 4 is 43.2 Å². The van der Waals surface area contributed by atoms with E-state index in [1.807, 2.05) is 0 Å². The molecule has 0 unspecified atom stereocenters. The van der Waals surface area contributed by atoms with Crippen LogP contribution in [0.15, 0.2) is 45.9 Å². The van der Waals surface area contributed by atoms with Gasteiger partial charge in [-0.15, -0.1) is 0 Å². The molecule has 0 saturated heterocycles. The highest BCUT2D eigenvalue weighted by atomic mass is 79.9. The highest BCUT2D eigenvalue weighted by molar-refractivity contribution is 9.10. The molecule has 0 amide bonds. The Bertz CT molecular complexity index is 722. The summed E-state index contributed by atoms with van der Waals surface area (Å²) in [6, 6.07) is 7.15. The molecule has 0 atom stereocenters. The predicted molar refractivity (Wildman–Crippen MR) is 75.9 cm³/mol. The van der Waals surface area contributed by atoms with Gasteiger partial charge in [-0.2, -0.15) is 0 Å². The Morgan fingerprint density at radius 3 is 2.68 bits per heavy atom. The van der Waals surface area contributed by atoms with Crippen molar-refractivity contribution in [1.29, 1.82) is 0 Å². The summed E-state index contributed by atoms with van der Waals surface area (Å²) in [6.45, 7) is 0. The van der Waals surface area contributed by atoms with Gasteiger partial charge in [0, 0.05) is 12.3 Å². The van der Waals surface area contributed by atoms with E-state index in [1.165, 1.54) is 30.3 Å². The van der Waals surface area contributed by atoms with Crippen molar-refractivity contribution in [3.05, 3.63) is 46.2 Å². The maximum atomic E-state index is 12.1. The number of sulfonamides is 1. The van der Waals surface area contributed by atoms with Crippen LogP contribution >= 0.6 is 27.5 Å². The quantitative estimate of drug-likeness (QED) is 0.822. The van der Waals surface area contributed by atoms with Gasteiger partial charge in [0.1, 0.15) is 15.8 Å². The minimum Gasteiger partial charge on any atom is -0.508 e. The zero-order valence-corrected chi connectivity index (χ0v) is 12.5. The second kappa shape index (κ2) is 5.36. The van der Waals surface area contributed by atoms with Crippen LogP contribution in [0, 0.1) is 0 Å². The van der Waals surface area contributed by atoms with Crippen molar-refractivity contribution in [2.45, 2.75) is 4.90 Å². The number of hydrogen-bond donors (Lipinski definition) is 2. The van der Waals surface area contributed by atoms with Crippen LogP contribution in [0.3, 0.4) is 0 Å².